The lowest BCUT2D eigenvalue weighted by Crippen LogP contribution is -2.12. The van der Waals surface area contributed by atoms with Crippen LogP contribution in [0.5, 0.6) is 0 Å². The number of hydrogen-bond acceptors (Lipinski definition) is 1. The van der Waals surface area contributed by atoms with Gasteiger partial charge in [-0.3, -0.25) is 0 Å². The molecule has 2 aromatic rings. The van der Waals surface area contributed by atoms with E-state index in [1.165, 1.54) is 35.0 Å². The molecule has 1 aromatic carbocycles. The fourth-order valence-corrected chi connectivity index (χ4v) is 2.69. The summed E-state index contributed by atoms with van der Waals surface area (Å²) in [7, 11) is 2.13. The van der Waals surface area contributed by atoms with Crippen molar-refractivity contribution in [2.75, 3.05) is 6.54 Å². The minimum atomic E-state index is 0.574. The van der Waals surface area contributed by atoms with Crippen LogP contribution in [0.1, 0.15) is 30.1 Å². The Bertz CT molecular complexity index is 519. The van der Waals surface area contributed by atoms with Gasteiger partial charge in [0.05, 0.1) is 0 Å². The van der Waals surface area contributed by atoms with Gasteiger partial charge in [0.15, 0.2) is 0 Å². The molecular formula is C14H18N2. The summed E-state index contributed by atoms with van der Waals surface area (Å²) in [6.07, 6.45) is 2.58. The van der Waals surface area contributed by atoms with E-state index in [-0.39, 0.29) is 0 Å². The Kier molecular flexibility index (Phi) is 2.25. The van der Waals surface area contributed by atoms with Crippen LogP contribution in [-0.2, 0) is 7.05 Å². The summed E-state index contributed by atoms with van der Waals surface area (Å²) in [5.41, 5.74) is 4.10. The number of rotatable bonds is 1. The summed E-state index contributed by atoms with van der Waals surface area (Å²) in [5, 5.41) is 4.92. The maximum Gasteiger partial charge on any atom is 0.0480 e. The third-order valence-electron chi connectivity index (χ3n) is 3.77. The summed E-state index contributed by atoms with van der Waals surface area (Å²) < 4.78 is 2.25. The van der Waals surface area contributed by atoms with Crippen molar-refractivity contribution in [1.82, 2.24) is 9.88 Å². The second-order valence-electron chi connectivity index (χ2n) is 4.81. The molecule has 16 heavy (non-hydrogen) atoms. The van der Waals surface area contributed by atoms with Crippen LogP contribution in [0.15, 0.2) is 24.3 Å². The highest BCUT2D eigenvalue weighted by molar-refractivity contribution is 5.82. The second-order valence-corrected chi connectivity index (χ2v) is 4.81. The Balaban J connectivity index is 2.08. The number of nitrogens with zero attached hydrogens (tertiary/aromatic N) is 1. The SMILES string of the molecule is Cc1cc2cc(C3CCCN3)ccc2n1C. The van der Waals surface area contributed by atoms with Gasteiger partial charge in [0.2, 0.25) is 0 Å². The average molecular weight is 214 g/mol. The number of benzene rings is 1. The Morgan fingerprint density at radius 3 is 2.94 bits per heavy atom. The first-order valence-corrected chi connectivity index (χ1v) is 6.05. The van der Waals surface area contributed by atoms with Gasteiger partial charge >= 0.3 is 0 Å². The number of aryl methyl sites for hydroxylation is 2. The van der Waals surface area contributed by atoms with Crippen LogP contribution < -0.4 is 5.32 Å². The van der Waals surface area contributed by atoms with Crippen LogP contribution in [-0.4, -0.2) is 11.1 Å². The first kappa shape index (κ1) is 9.91. The lowest BCUT2D eigenvalue weighted by Gasteiger charge is -2.10. The number of nitrogens with one attached hydrogen (secondary N) is 1. The molecule has 1 unspecified atom stereocenters. The zero-order chi connectivity index (χ0) is 11.1. The highest BCUT2D eigenvalue weighted by Crippen LogP contribution is 2.27. The lowest BCUT2D eigenvalue weighted by atomic mass is 10.0. The summed E-state index contributed by atoms with van der Waals surface area (Å²) in [6.45, 7) is 3.32. The molecule has 0 amide bonds. The van der Waals surface area contributed by atoms with Gasteiger partial charge in [0.1, 0.15) is 0 Å². The zero-order valence-electron chi connectivity index (χ0n) is 9.96. The third kappa shape index (κ3) is 1.45. The van der Waals surface area contributed by atoms with Crippen molar-refractivity contribution in [3.8, 4) is 0 Å². The maximum atomic E-state index is 3.55. The van der Waals surface area contributed by atoms with E-state index in [0.29, 0.717) is 6.04 Å². The molecule has 0 saturated carbocycles. The number of fused-ring (bicyclic) bond motifs is 1. The second kappa shape index (κ2) is 3.63. The molecule has 0 spiro atoms. The number of aromatic nitrogens is 1. The standard InChI is InChI=1S/C14H18N2/c1-10-8-12-9-11(13-4-3-7-15-13)5-6-14(12)16(10)2/h5-6,8-9,13,15H,3-4,7H2,1-2H3. The smallest absolute Gasteiger partial charge is 0.0480 e. The Hall–Kier alpha value is -1.28. The van der Waals surface area contributed by atoms with Gasteiger partial charge in [0, 0.05) is 29.7 Å². The van der Waals surface area contributed by atoms with Gasteiger partial charge in [-0.25, -0.2) is 0 Å². The largest absolute Gasteiger partial charge is 0.348 e. The molecule has 2 heteroatoms. The molecule has 1 saturated heterocycles. The quantitative estimate of drug-likeness (QED) is 0.772. The van der Waals surface area contributed by atoms with E-state index in [2.05, 4.69) is 48.1 Å². The predicted molar refractivity (Wildman–Crippen MR) is 67.6 cm³/mol. The molecule has 3 rings (SSSR count). The summed E-state index contributed by atoms with van der Waals surface area (Å²) in [4.78, 5) is 0. The topological polar surface area (TPSA) is 17.0 Å². The number of hydrogen-bond donors (Lipinski definition) is 1. The van der Waals surface area contributed by atoms with E-state index in [9.17, 15) is 0 Å². The van der Waals surface area contributed by atoms with Gasteiger partial charge in [0.25, 0.3) is 0 Å². The highest BCUT2D eigenvalue weighted by atomic mass is 14.9. The lowest BCUT2D eigenvalue weighted by molar-refractivity contribution is 0.648. The van der Waals surface area contributed by atoms with Crippen molar-refractivity contribution < 1.29 is 0 Å². The fraction of sp³-hybridized carbons (Fsp3) is 0.429. The minimum Gasteiger partial charge on any atom is -0.348 e. The fourth-order valence-electron chi connectivity index (χ4n) is 2.69. The monoisotopic (exact) mass is 214 g/mol. The van der Waals surface area contributed by atoms with Crippen LogP contribution in [0, 0.1) is 6.92 Å². The van der Waals surface area contributed by atoms with Crippen molar-refractivity contribution in [3.05, 3.63) is 35.5 Å². The highest BCUT2D eigenvalue weighted by Gasteiger charge is 2.16. The van der Waals surface area contributed by atoms with Gasteiger partial charge in [-0.05, 0) is 50.1 Å². The maximum absolute atomic E-state index is 3.55. The van der Waals surface area contributed by atoms with Crippen LogP contribution in [0.3, 0.4) is 0 Å². The summed E-state index contributed by atoms with van der Waals surface area (Å²) in [5.74, 6) is 0. The molecule has 0 bridgehead atoms. The van der Waals surface area contributed by atoms with E-state index in [1.807, 2.05) is 0 Å². The molecule has 0 aliphatic carbocycles. The van der Waals surface area contributed by atoms with Crippen molar-refractivity contribution in [2.45, 2.75) is 25.8 Å². The molecule has 0 radical (unpaired) electrons. The van der Waals surface area contributed by atoms with Crippen molar-refractivity contribution in [1.29, 1.82) is 0 Å². The van der Waals surface area contributed by atoms with Crippen LogP contribution in [0.2, 0.25) is 0 Å². The first-order chi connectivity index (χ1) is 7.75. The van der Waals surface area contributed by atoms with Crippen molar-refractivity contribution in [3.63, 3.8) is 0 Å². The summed E-state index contributed by atoms with van der Waals surface area (Å²) >= 11 is 0. The normalized spacial score (nSPS) is 20.8. The molecule has 1 atom stereocenters. The molecule has 1 aromatic heterocycles. The van der Waals surface area contributed by atoms with E-state index >= 15 is 0 Å². The molecular weight excluding hydrogens is 196 g/mol. The van der Waals surface area contributed by atoms with Crippen LogP contribution >= 0.6 is 0 Å². The van der Waals surface area contributed by atoms with Gasteiger partial charge < -0.3 is 9.88 Å². The molecule has 1 aliphatic heterocycles. The Morgan fingerprint density at radius 1 is 1.31 bits per heavy atom. The minimum absolute atomic E-state index is 0.574. The predicted octanol–water partition coefficient (Wildman–Crippen LogP) is 2.91. The third-order valence-corrected chi connectivity index (χ3v) is 3.77. The zero-order valence-corrected chi connectivity index (χ0v) is 9.96. The van der Waals surface area contributed by atoms with Crippen molar-refractivity contribution >= 4 is 10.9 Å². The molecule has 1 fully saturated rings. The molecule has 84 valence electrons. The molecule has 1 N–H and O–H groups in total. The van der Waals surface area contributed by atoms with Gasteiger partial charge in [-0.1, -0.05) is 6.07 Å². The molecule has 2 heterocycles. The Labute approximate surface area is 96.3 Å². The first-order valence-electron chi connectivity index (χ1n) is 6.05. The van der Waals surface area contributed by atoms with E-state index in [0.717, 1.165) is 6.54 Å². The van der Waals surface area contributed by atoms with Gasteiger partial charge in [-0.15, -0.1) is 0 Å². The van der Waals surface area contributed by atoms with Crippen LogP contribution in [0.4, 0.5) is 0 Å². The van der Waals surface area contributed by atoms with Crippen LogP contribution in [0.25, 0.3) is 10.9 Å². The molecule has 1 aliphatic rings. The van der Waals surface area contributed by atoms with Crippen molar-refractivity contribution in [2.24, 2.45) is 7.05 Å². The van der Waals surface area contributed by atoms with E-state index in [1.54, 1.807) is 0 Å². The Morgan fingerprint density at radius 2 is 2.19 bits per heavy atom. The van der Waals surface area contributed by atoms with E-state index in [4.69, 9.17) is 0 Å². The molecule has 2 nitrogen and oxygen atoms in total. The van der Waals surface area contributed by atoms with Gasteiger partial charge in [-0.2, -0.15) is 0 Å². The van der Waals surface area contributed by atoms with E-state index < -0.39 is 0 Å². The average Bonchev–Trinajstić information content (AvgIpc) is 2.88. The summed E-state index contributed by atoms with van der Waals surface area (Å²) in [6, 6.07) is 9.70.